The number of amides is 1. The largest absolute Gasteiger partial charge is 0.355 e. The number of carbonyl (C=O) groups excluding carboxylic acids is 1. The van der Waals surface area contributed by atoms with Crippen LogP contribution in [0.4, 0.5) is 0 Å². The van der Waals surface area contributed by atoms with Gasteiger partial charge in [-0.05, 0) is 31.6 Å². The van der Waals surface area contributed by atoms with Gasteiger partial charge in [-0.25, -0.2) is 0 Å². The standard InChI is InChI=1S/C12H24N2O/c1-4-8-13-11(15)10(2)14-9-12(3)6-5-7-12/h10,14H,4-9H2,1-3H3,(H,13,15). The lowest BCUT2D eigenvalue weighted by molar-refractivity contribution is -0.122. The molecule has 0 saturated heterocycles. The topological polar surface area (TPSA) is 41.1 Å². The van der Waals surface area contributed by atoms with Gasteiger partial charge in [-0.2, -0.15) is 0 Å². The Hall–Kier alpha value is -0.570. The zero-order valence-electron chi connectivity index (χ0n) is 10.2. The number of rotatable bonds is 6. The van der Waals surface area contributed by atoms with Crippen molar-refractivity contribution in [3.63, 3.8) is 0 Å². The van der Waals surface area contributed by atoms with Crippen LogP contribution in [-0.4, -0.2) is 25.0 Å². The van der Waals surface area contributed by atoms with Gasteiger partial charge in [-0.15, -0.1) is 0 Å². The summed E-state index contributed by atoms with van der Waals surface area (Å²) < 4.78 is 0. The van der Waals surface area contributed by atoms with Crippen LogP contribution in [0.2, 0.25) is 0 Å². The van der Waals surface area contributed by atoms with Crippen molar-refractivity contribution in [2.75, 3.05) is 13.1 Å². The average Bonchev–Trinajstić information content (AvgIpc) is 2.19. The monoisotopic (exact) mass is 212 g/mol. The zero-order chi connectivity index (χ0) is 11.3. The van der Waals surface area contributed by atoms with Crippen LogP contribution >= 0.6 is 0 Å². The van der Waals surface area contributed by atoms with Crippen LogP contribution < -0.4 is 10.6 Å². The van der Waals surface area contributed by atoms with Crippen molar-refractivity contribution in [2.24, 2.45) is 5.41 Å². The summed E-state index contributed by atoms with van der Waals surface area (Å²) in [6, 6.07) is -0.0611. The molecule has 1 fully saturated rings. The molecule has 0 radical (unpaired) electrons. The Labute approximate surface area is 93.0 Å². The molecular formula is C12H24N2O. The molecule has 1 saturated carbocycles. The molecule has 1 amide bonds. The summed E-state index contributed by atoms with van der Waals surface area (Å²) in [5.41, 5.74) is 0.444. The van der Waals surface area contributed by atoms with Crippen molar-refractivity contribution >= 4 is 5.91 Å². The third-order valence-electron chi connectivity index (χ3n) is 3.34. The van der Waals surface area contributed by atoms with Crippen LogP contribution in [0.15, 0.2) is 0 Å². The van der Waals surface area contributed by atoms with E-state index >= 15 is 0 Å². The maximum Gasteiger partial charge on any atom is 0.236 e. The molecule has 0 aromatic rings. The fourth-order valence-corrected chi connectivity index (χ4v) is 1.85. The summed E-state index contributed by atoms with van der Waals surface area (Å²) in [6.07, 6.45) is 4.93. The molecule has 3 heteroatoms. The lowest BCUT2D eigenvalue weighted by Crippen LogP contribution is -2.47. The summed E-state index contributed by atoms with van der Waals surface area (Å²) >= 11 is 0. The van der Waals surface area contributed by atoms with E-state index in [2.05, 4.69) is 24.5 Å². The SMILES string of the molecule is CCCNC(=O)C(C)NCC1(C)CCC1. The summed E-state index contributed by atoms with van der Waals surface area (Å²) in [6.45, 7) is 8.04. The van der Waals surface area contributed by atoms with E-state index in [0.717, 1.165) is 19.5 Å². The minimum atomic E-state index is -0.0611. The molecule has 15 heavy (non-hydrogen) atoms. The number of carbonyl (C=O) groups is 1. The first-order valence-corrected chi connectivity index (χ1v) is 6.08. The molecular weight excluding hydrogens is 188 g/mol. The maximum atomic E-state index is 11.6. The van der Waals surface area contributed by atoms with Gasteiger partial charge >= 0.3 is 0 Å². The maximum absolute atomic E-state index is 11.6. The zero-order valence-corrected chi connectivity index (χ0v) is 10.2. The Morgan fingerprint density at radius 1 is 1.47 bits per heavy atom. The first-order chi connectivity index (χ1) is 7.07. The van der Waals surface area contributed by atoms with Gasteiger partial charge < -0.3 is 10.6 Å². The van der Waals surface area contributed by atoms with Crippen molar-refractivity contribution in [3.05, 3.63) is 0 Å². The van der Waals surface area contributed by atoms with Crippen LogP contribution in [0.25, 0.3) is 0 Å². The van der Waals surface area contributed by atoms with Gasteiger partial charge in [-0.3, -0.25) is 4.79 Å². The molecule has 0 aromatic heterocycles. The van der Waals surface area contributed by atoms with E-state index in [-0.39, 0.29) is 11.9 Å². The smallest absolute Gasteiger partial charge is 0.236 e. The Morgan fingerprint density at radius 2 is 2.13 bits per heavy atom. The molecule has 1 atom stereocenters. The first kappa shape index (κ1) is 12.5. The number of hydrogen-bond donors (Lipinski definition) is 2. The van der Waals surface area contributed by atoms with E-state index in [1.165, 1.54) is 19.3 Å². The van der Waals surface area contributed by atoms with Crippen LogP contribution in [-0.2, 0) is 4.79 Å². The third-order valence-corrected chi connectivity index (χ3v) is 3.34. The molecule has 0 bridgehead atoms. The quantitative estimate of drug-likeness (QED) is 0.703. The van der Waals surface area contributed by atoms with E-state index in [0.29, 0.717) is 5.41 Å². The fourth-order valence-electron chi connectivity index (χ4n) is 1.85. The summed E-state index contributed by atoms with van der Waals surface area (Å²) in [7, 11) is 0. The molecule has 88 valence electrons. The van der Waals surface area contributed by atoms with Crippen LogP contribution in [0.5, 0.6) is 0 Å². The fraction of sp³-hybridized carbons (Fsp3) is 0.917. The highest BCUT2D eigenvalue weighted by Crippen LogP contribution is 2.39. The molecule has 0 spiro atoms. The molecule has 2 N–H and O–H groups in total. The second kappa shape index (κ2) is 5.50. The lowest BCUT2D eigenvalue weighted by Gasteiger charge is -2.39. The normalized spacial score (nSPS) is 20.5. The van der Waals surface area contributed by atoms with Gasteiger partial charge in [0.2, 0.25) is 5.91 Å². The molecule has 0 heterocycles. The predicted octanol–water partition coefficient (Wildman–Crippen LogP) is 1.68. The van der Waals surface area contributed by atoms with Crippen LogP contribution in [0, 0.1) is 5.41 Å². The van der Waals surface area contributed by atoms with Crippen molar-refractivity contribution in [2.45, 2.75) is 52.5 Å². The van der Waals surface area contributed by atoms with Crippen molar-refractivity contribution < 1.29 is 4.79 Å². The highest BCUT2D eigenvalue weighted by molar-refractivity contribution is 5.81. The minimum Gasteiger partial charge on any atom is -0.355 e. The number of nitrogens with one attached hydrogen (secondary N) is 2. The van der Waals surface area contributed by atoms with Gasteiger partial charge in [0, 0.05) is 13.1 Å². The summed E-state index contributed by atoms with van der Waals surface area (Å²) in [5.74, 6) is 0.125. The predicted molar refractivity (Wildman–Crippen MR) is 62.7 cm³/mol. The summed E-state index contributed by atoms with van der Waals surface area (Å²) in [4.78, 5) is 11.6. The van der Waals surface area contributed by atoms with Crippen LogP contribution in [0.1, 0.15) is 46.5 Å². The Morgan fingerprint density at radius 3 is 2.60 bits per heavy atom. The van der Waals surface area contributed by atoms with Gasteiger partial charge in [0.1, 0.15) is 0 Å². The minimum absolute atomic E-state index is 0.0611. The summed E-state index contributed by atoms with van der Waals surface area (Å²) in [5, 5.41) is 6.22. The van der Waals surface area contributed by atoms with Crippen molar-refractivity contribution in [1.29, 1.82) is 0 Å². The van der Waals surface area contributed by atoms with Crippen LogP contribution in [0.3, 0.4) is 0 Å². The highest BCUT2D eigenvalue weighted by Gasteiger charge is 2.32. The van der Waals surface area contributed by atoms with E-state index in [9.17, 15) is 4.79 Å². The second-order valence-corrected chi connectivity index (χ2v) is 5.06. The second-order valence-electron chi connectivity index (χ2n) is 5.06. The molecule has 1 aliphatic rings. The molecule has 1 rings (SSSR count). The third kappa shape index (κ3) is 3.82. The van der Waals surface area contributed by atoms with Gasteiger partial charge in [0.15, 0.2) is 0 Å². The lowest BCUT2D eigenvalue weighted by atomic mass is 9.70. The van der Waals surface area contributed by atoms with Gasteiger partial charge in [-0.1, -0.05) is 20.3 Å². The van der Waals surface area contributed by atoms with Gasteiger partial charge in [0.05, 0.1) is 6.04 Å². The van der Waals surface area contributed by atoms with Crippen molar-refractivity contribution in [3.8, 4) is 0 Å². The van der Waals surface area contributed by atoms with E-state index in [1.54, 1.807) is 0 Å². The van der Waals surface area contributed by atoms with E-state index < -0.39 is 0 Å². The highest BCUT2D eigenvalue weighted by atomic mass is 16.2. The van der Waals surface area contributed by atoms with E-state index in [1.807, 2.05) is 6.92 Å². The molecule has 0 aromatic carbocycles. The number of hydrogen-bond acceptors (Lipinski definition) is 2. The Kier molecular flexibility index (Phi) is 4.58. The molecule has 1 unspecified atom stereocenters. The molecule has 3 nitrogen and oxygen atoms in total. The Balaban J connectivity index is 2.17. The van der Waals surface area contributed by atoms with Gasteiger partial charge in [0.25, 0.3) is 0 Å². The average molecular weight is 212 g/mol. The molecule has 0 aliphatic heterocycles. The van der Waals surface area contributed by atoms with Crippen molar-refractivity contribution in [1.82, 2.24) is 10.6 Å². The van der Waals surface area contributed by atoms with E-state index in [4.69, 9.17) is 0 Å². The Bertz CT molecular complexity index is 212. The molecule has 1 aliphatic carbocycles. The first-order valence-electron chi connectivity index (χ1n) is 6.08.